The summed E-state index contributed by atoms with van der Waals surface area (Å²) < 4.78 is 3.13. The Hall–Kier alpha value is -2.80. The Balaban J connectivity index is 1.64. The van der Waals surface area contributed by atoms with Crippen molar-refractivity contribution >= 4 is 27.2 Å². The van der Waals surface area contributed by atoms with Crippen molar-refractivity contribution in [3.63, 3.8) is 0 Å². The van der Waals surface area contributed by atoms with Crippen LogP contribution in [-0.4, -0.2) is 18.9 Å². The molecule has 0 fully saturated rings. The molecule has 0 radical (unpaired) electrons. The molecule has 4 heterocycles. The molecule has 7 heteroatoms. The van der Waals surface area contributed by atoms with Crippen molar-refractivity contribution < 1.29 is 0 Å². The van der Waals surface area contributed by atoms with Gasteiger partial charge in [0.05, 0.1) is 24.0 Å². The van der Waals surface area contributed by atoms with Gasteiger partial charge in [-0.2, -0.15) is 0 Å². The highest BCUT2D eigenvalue weighted by Crippen LogP contribution is 2.34. The first-order chi connectivity index (χ1) is 12.6. The van der Waals surface area contributed by atoms with Crippen LogP contribution in [0.15, 0.2) is 40.2 Å². The van der Waals surface area contributed by atoms with Gasteiger partial charge in [-0.15, -0.1) is 11.3 Å². The Bertz CT molecular complexity index is 1300. The molecule has 26 heavy (non-hydrogen) atoms. The summed E-state index contributed by atoms with van der Waals surface area (Å²) in [4.78, 5) is 36.5. The van der Waals surface area contributed by atoms with E-state index < -0.39 is 0 Å². The summed E-state index contributed by atoms with van der Waals surface area (Å²) >= 11 is 1.63. The van der Waals surface area contributed by atoms with Gasteiger partial charge in [-0.05, 0) is 43.9 Å². The summed E-state index contributed by atoms with van der Waals surface area (Å²) in [5, 5.41) is 0.748. The van der Waals surface area contributed by atoms with Gasteiger partial charge in [-0.25, -0.2) is 9.97 Å². The van der Waals surface area contributed by atoms with Gasteiger partial charge in [0.15, 0.2) is 0 Å². The Morgan fingerprint density at radius 3 is 3.00 bits per heavy atom. The van der Waals surface area contributed by atoms with E-state index in [9.17, 15) is 9.59 Å². The second kappa shape index (κ2) is 5.60. The highest BCUT2D eigenvalue weighted by atomic mass is 32.1. The lowest BCUT2D eigenvalue weighted by atomic mass is 10.2. The zero-order valence-corrected chi connectivity index (χ0v) is 15.0. The summed E-state index contributed by atoms with van der Waals surface area (Å²) in [5.74, 6) is 0. The summed E-state index contributed by atoms with van der Waals surface area (Å²) in [6.45, 7) is 2.11. The summed E-state index contributed by atoms with van der Waals surface area (Å²) in [6.07, 6.45) is 4.66. The van der Waals surface area contributed by atoms with Gasteiger partial charge in [-0.3, -0.25) is 18.6 Å². The van der Waals surface area contributed by atoms with Crippen molar-refractivity contribution in [1.82, 2.24) is 18.9 Å². The molecule has 0 N–H and O–H groups in total. The van der Waals surface area contributed by atoms with Gasteiger partial charge < -0.3 is 0 Å². The Labute approximate surface area is 152 Å². The molecular formula is C19H16N4O2S. The monoisotopic (exact) mass is 364 g/mol. The Kier molecular flexibility index (Phi) is 3.33. The molecule has 0 amide bonds. The zero-order valence-electron chi connectivity index (χ0n) is 14.2. The fourth-order valence-corrected chi connectivity index (χ4v) is 4.97. The van der Waals surface area contributed by atoms with Crippen LogP contribution in [0.4, 0.5) is 0 Å². The van der Waals surface area contributed by atoms with Crippen LogP contribution in [0.25, 0.3) is 15.9 Å². The third kappa shape index (κ3) is 2.24. The van der Waals surface area contributed by atoms with Crippen molar-refractivity contribution in [2.75, 3.05) is 0 Å². The molecule has 1 aliphatic rings. The number of nitrogens with zero attached hydrogens (tertiary/aromatic N) is 4. The van der Waals surface area contributed by atoms with E-state index in [-0.39, 0.29) is 17.7 Å². The highest BCUT2D eigenvalue weighted by molar-refractivity contribution is 7.18. The van der Waals surface area contributed by atoms with E-state index in [1.165, 1.54) is 16.5 Å². The lowest BCUT2D eigenvalue weighted by Crippen LogP contribution is -2.24. The second-order valence-corrected chi connectivity index (χ2v) is 7.75. The van der Waals surface area contributed by atoms with Gasteiger partial charge >= 0.3 is 0 Å². The molecule has 5 rings (SSSR count). The van der Waals surface area contributed by atoms with Crippen molar-refractivity contribution in [3.8, 4) is 0 Å². The van der Waals surface area contributed by atoms with E-state index in [0.717, 1.165) is 35.2 Å². The van der Waals surface area contributed by atoms with Crippen LogP contribution in [0, 0.1) is 6.92 Å². The molecule has 0 spiro atoms. The standard InChI is InChI=1S/C19H16N4O2S/c1-11-4-2-7-15-21-12(8-16(24)23(11)15)9-22-10-20-18-17(19(22)25)13-5-3-6-14(13)26-18/h2,4,7-8,10H,3,5-6,9H2,1H3. The van der Waals surface area contributed by atoms with E-state index in [1.54, 1.807) is 32.7 Å². The van der Waals surface area contributed by atoms with Crippen molar-refractivity contribution in [1.29, 1.82) is 0 Å². The van der Waals surface area contributed by atoms with Gasteiger partial charge in [0, 0.05) is 16.6 Å². The van der Waals surface area contributed by atoms with Gasteiger partial charge in [0.1, 0.15) is 10.5 Å². The minimum atomic E-state index is -0.137. The van der Waals surface area contributed by atoms with E-state index in [2.05, 4.69) is 9.97 Å². The Morgan fingerprint density at radius 2 is 2.12 bits per heavy atom. The maximum atomic E-state index is 13.0. The lowest BCUT2D eigenvalue weighted by molar-refractivity contribution is 0.726. The molecular weight excluding hydrogens is 348 g/mol. The van der Waals surface area contributed by atoms with Crippen LogP contribution in [0.3, 0.4) is 0 Å². The molecule has 0 unspecified atom stereocenters. The molecule has 130 valence electrons. The van der Waals surface area contributed by atoms with E-state index in [4.69, 9.17) is 0 Å². The number of fused-ring (bicyclic) bond motifs is 4. The molecule has 4 aromatic heterocycles. The van der Waals surface area contributed by atoms with E-state index >= 15 is 0 Å². The average Bonchev–Trinajstić information content (AvgIpc) is 3.18. The largest absolute Gasteiger partial charge is 0.293 e. The number of thiophene rings is 1. The topological polar surface area (TPSA) is 69.3 Å². The van der Waals surface area contributed by atoms with Gasteiger partial charge in [0.2, 0.25) is 0 Å². The normalized spacial score (nSPS) is 13.6. The van der Waals surface area contributed by atoms with Crippen LogP contribution >= 0.6 is 11.3 Å². The van der Waals surface area contributed by atoms with Gasteiger partial charge in [0.25, 0.3) is 11.1 Å². The highest BCUT2D eigenvalue weighted by Gasteiger charge is 2.21. The van der Waals surface area contributed by atoms with Crippen LogP contribution in [0.1, 0.15) is 28.2 Å². The minimum Gasteiger partial charge on any atom is -0.293 e. The van der Waals surface area contributed by atoms with E-state index in [0.29, 0.717) is 11.3 Å². The summed E-state index contributed by atoms with van der Waals surface area (Å²) in [7, 11) is 0. The molecule has 0 bridgehead atoms. The number of hydrogen-bond acceptors (Lipinski definition) is 5. The second-order valence-electron chi connectivity index (χ2n) is 6.66. The molecule has 6 nitrogen and oxygen atoms in total. The smallest absolute Gasteiger partial charge is 0.262 e. The van der Waals surface area contributed by atoms with Crippen LogP contribution in [0.5, 0.6) is 0 Å². The Morgan fingerprint density at radius 1 is 1.23 bits per heavy atom. The predicted octanol–water partition coefficient (Wildman–Crippen LogP) is 2.31. The van der Waals surface area contributed by atoms with E-state index in [1.807, 2.05) is 19.1 Å². The fraction of sp³-hybridized carbons (Fsp3) is 0.263. The van der Waals surface area contributed by atoms with Crippen LogP contribution in [0.2, 0.25) is 0 Å². The molecule has 0 saturated heterocycles. The molecule has 0 aliphatic heterocycles. The zero-order chi connectivity index (χ0) is 17.8. The van der Waals surface area contributed by atoms with Gasteiger partial charge in [-0.1, -0.05) is 6.07 Å². The predicted molar refractivity (Wildman–Crippen MR) is 101 cm³/mol. The number of aromatic nitrogens is 4. The molecule has 0 atom stereocenters. The molecule has 0 aromatic carbocycles. The number of hydrogen-bond donors (Lipinski definition) is 0. The van der Waals surface area contributed by atoms with Crippen molar-refractivity contribution in [2.45, 2.75) is 32.7 Å². The number of pyridine rings is 1. The van der Waals surface area contributed by atoms with Crippen LogP contribution in [-0.2, 0) is 19.4 Å². The maximum Gasteiger partial charge on any atom is 0.262 e. The van der Waals surface area contributed by atoms with Crippen molar-refractivity contribution in [2.24, 2.45) is 0 Å². The summed E-state index contributed by atoms with van der Waals surface area (Å²) in [5.41, 5.74) is 2.98. The van der Waals surface area contributed by atoms with Crippen LogP contribution < -0.4 is 11.1 Å². The molecule has 0 saturated carbocycles. The number of aryl methyl sites for hydroxylation is 3. The quantitative estimate of drug-likeness (QED) is 0.547. The number of rotatable bonds is 2. The summed E-state index contributed by atoms with van der Waals surface area (Å²) in [6, 6.07) is 7.03. The third-order valence-corrected chi connectivity index (χ3v) is 6.16. The first kappa shape index (κ1) is 15.5. The first-order valence-electron chi connectivity index (χ1n) is 8.60. The average molecular weight is 364 g/mol. The lowest BCUT2D eigenvalue weighted by Gasteiger charge is -2.08. The fourth-order valence-electron chi connectivity index (χ4n) is 3.75. The SMILES string of the molecule is Cc1cccc2nc(Cn3cnc4sc5c(c4c3=O)CCC5)cc(=O)n12. The first-order valence-corrected chi connectivity index (χ1v) is 9.41. The maximum absolute atomic E-state index is 13.0. The third-order valence-electron chi connectivity index (χ3n) is 4.96. The molecule has 4 aromatic rings. The molecule has 1 aliphatic carbocycles. The minimum absolute atomic E-state index is 0.0411. The van der Waals surface area contributed by atoms with Crippen molar-refractivity contribution in [3.05, 3.63) is 73.1 Å².